The number of aliphatic hydroxyl groups is 3. The van der Waals surface area contributed by atoms with Crippen molar-refractivity contribution < 1.29 is 51.3 Å². The van der Waals surface area contributed by atoms with E-state index in [4.69, 9.17) is 14.0 Å². The molecule has 1 saturated heterocycles. The van der Waals surface area contributed by atoms with Gasteiger partial charge in [-0.2, -0.15) is 0 Å². The predicted octanol–water partition coefficient (Wildman–Crippen LogP) is 5.48. The summed E-state index contributed by atoms with van der Waals surface area (Å²) < 4.78 is 89.5. The molecule has 3 heterocycles. The number of benzene rings is 1. The molecule has 2 aromatic heterocycles. The molecule has 16 heteroatoms. The van der Waals surface area contributed by atoms with Gasteiger partial charge in [-0.1, -0.05) is 24.2 Å². The van der Waals surface area contributed by atoms with E-state index in [1.165, 1.54) is 18.0 Å². The minimum atomic E-state index is -2.93. The molecule has 3 aliphatic rings. The van der Waals surface area contributed by atoms with Gasteiger partial charge in [-0.05, 0) is 50.2 Å². The van der Waals surface area contributed by atoms with Gasteiger partial charge >= 0.3 is 0 Å². The van der Waals surface area contributed by atoms with Crippen LogP contribution in [0.15, 0.2) is 22.9 Å². The van der Waals surface area contributed by atoms with E-state index in [0.717, 1.165) is 48.1 Å². The third-order valence-corrected chi connectivity index (χ3v) is 11.0. The van der Waals surface area contributed by atoms with E-state index in [1.54, 1.807) is 0 Å². The first-order valence-corrected chi connectivity index (χ1v) is 17.0. The van der Waals surface area contributed by atoms with Crippen LogP contribution in [0.25, 0.3) is 11.3 Å². The molecule has 3 aromatic rings. The van der Waals surface area contributed by atoms with Crippen molar-refractivity contribution in [1.29, 1.82) is 0 Å². The van der Waals surface area contributed by atoms with Gasteiger partial charge in [0, 0.05) is 37.0 Å². The van der Waals surface area contributed by atoms with E-state index in [9.17, 15) is 37.3 Å². The van der Waals surface area contributed by atoms with Crippen LogP contribution in [0.3, 0.4) is 0 Å². The van der Waals surface area contributed by atoms with Crippen LogP contribution < -0.4 is 0 Å². The smallest absolute Gasteiger partial charge is 0.248 e. The highest BCUT2D eigenvalue weighted by Gasteiger charge is 2.54. The molecule has 0 bridgehead atoms. The van der Waals surface area contributed by atoms with Crippen molar-refractivity contribution in [2.75, 3.05) is 13.7 Å². The molecule has 0 amide bonds. The van der Waals surface area contributed by atoms with E-state index < -0.39 is 83.5 Å². The minimum absolute atomic E-state index is 0.0325. The monoisotopic (exact) mass is 702 g/mol. The summed E-state index contributed by atoms with van der Waals surface area (Å²) in [6, 6.07) is 0.435. The van der Waals surface area contributed by atoms with E-state index in [-0.39, 0.29) is 35.9 Å². The maximum atomic E-state index is 14.4. The third-order valence-electron chi connectivity index (χ3n) is 9.46. The van der Waals surface area contributed by atoms with Crippen molar-refractivity contribution in [1.82, 2.24) is 20.2 Å². The largest absolute Gasteiger partial charge is 0.394 e. The average molecular weight is 703 g/mol. The molecule has 3 fully saturated rings. The number of ether oxygens (including phenoxy) is 2. The van der Waals surface area contributed by atoms with Crippen molar-refractivity contribution in [3.05, 3.63) is 52.8 Å². The molecule has 3 N–H and O–H groups in total. The number of nitrogens with zero attached hydrogens (tertiary/aromatic N) is 4. The van der Waals surface area contributed by atoms with Gasteiger partial charge in [0.15, 0.2) is 17.5 Å². The molecule has 2 saturated carbocycles. The highest BCUT2D eigenvalue weighted by molar-refractivity contribution is 8.00. The minimum Gasteiger partial charge on any atom is -0.394 e. The molecule has 10 nitrogen and oxygen atoms in total. The Bertz CT molecular complexity index is 1570. The number of hydrogen-bond acceptors (Lipinski definition) is 10. The SMILES string of the molecule is CO[C@@H]1[C@@H](n2cc(-c3cc(F)c(F)c(F)c3)nn2)[C@@H](O)[C@@H](CO)O[C@H]1SC(c1noc(C2CC2)c1CC(C)C)C1(O)CCC(F)(F)CC1. The molecule has 1 aromatic carbocycles. The zero-order valence-electron chi connectivity index (χ0n) is 26.7. The van der Waals surface area contributed by atoms with Crippen LogP contribution >= 0.6 is 11.8 Å². The molecule has 6 rings (SSSR count). The molecular weight excluding hydrogens is 663 g/mol. The third kappa shape index (κ3) is 6.88. The lowest BCUT2D eigenvalue weighted by atomic mass is 9.78. The van der Waals surface area contributed by atoms with Crippen LogP contribution in [-0.2, 0) is 15.9 Å². The summed E-state index contributed by atoms with van der Waals surface area (Å²) in [4.78, 5) is 0. The lowest BCUT2D eigenvalue weighted by molar-refractivity contribution is -0.186. The van der Waals surface area contributed by atoms with Crippen LogP contribution in [0, 0.1) is 23.4 Å². The number of aromatic nitrogens is 4. The Kier molecular flexibility index (Phi) is 9.97. The van der Waals surface area contributed by atoms with Crippen molar-refractivity contribution >= 4 is 11.8 Å². The second kappa shape index (κ2) is 13.6. The second-order valence-electron chi connectivity index (χ2n) is 13.5. The van der Waals surface area contributed by atoms with Gasteiger partial charge in [-0.3, -0.25) is 0 Å². The molecule has 0 spiro atoms. The number of rotatable bonds is 11. The summed E-state index contributed by atoms with van der Waals surface area (Å²) in [5, 5.41) is 45.3. The molecule has 1 aliphatic heterocycles. The standard InChI is InChI=1S/C32H39F5N4O6S/c1-15(2)10-18-24(39-47-27(18)16-4-5-16)29(31(44)6-8-32(36,37)9-7-31)48-30-28(45-3)25(26(43)22(14-42)46-30)41-13-21(38-40-41)17-11-19(33)23(35)20(34)12-17/h11-13,15-16,22,25-26,28-30,42-44H,4-10,14H2,1-3H3/t22-,25+,26+,28-,29?,30+/m1/s1. The number of methoxy groups -OCH3 is 1. The first-order valence-electron chi connectivity index (χ1n) is 16.0. The molecule has 2 aliphatic carbocycles. The maximum absolute atomic E-state index is 14.4. The fourth-order valence-corrected chi connectivity index (χ4v) is 8.40. The maximum Gasteiger partial charge on any atom is 0.248 e. The Labute approximate surface area is 278 Å². The molecular formula is C32H39F5N4O6S. The van der Waals surface area contributed by atoms with Crippen LogP contribution in [0.4, 0.5) is 22.0 Å². The van der Waals surface area contributed by atoms with Crippen LogP contribution in [0.2, 0.25) is 0 Å². The van der Waals surface area contributed by atoms with Gasteiger partial charge in [-0.15, -0.1) is 16.9 Å². The van der Waals surface area contributed by atoms with Crippen LogP contribution in [-0.4, -0.2) is 84.5 Å². The van der Waals surface area contributed by atoms with E-state index in [1.807, 2.05) is 13.8 Å². The highest BCUT2D eigenvalue weighted by atomic mass is 32.2. The fourth-order valence-electron chi connectivity index (χ4n) is 6.69. The zero-order valence-corrected chi connectivity index (χ0v) is 27.5. The first kappa shape index (κ1) is 35.2. The quantitative estimate of drug-likeness (QED) is 0.174. The first-order chi connectivity index (χ1) is 22.7. The Morgan fingerprint density at radius 2 is 1.77 bits per heavy atom. The van der Waals surface area contributed by atoms with Gasteiger partial charge in [0.2, 0.25) is 5.92 Å². The lowest BCUT2D eigenvalue weighted by Gasteiger charge is -2.46. The summed E-state index contributed by atoms with van der Waals surface area (Å²) in [6.45, 7) is 3.45. The molecule has 0 radical (unpaired) electrons. The normalized spacial score (nSPS) is 27.8. The number of alkyl halides is 2. The van der Waals surface area contributed by atoms with Crippen LogP contribution in [0.1, 0.15) is 86.6 Å². The van der Waals surface area contributed by atoms with E-state index in [0.29, 0.717) is 12.1 Å². The zero-order chi connectivity index (χ0) is 34.5. The summed E-state index contributed by atoms with van der Waals surface area (Å²) in [5.41, 5.74) is -1.55. The summed E-state index contributed by atoms with van der Waals surface area (Å²) in [5.74, 6) is -6.30. The molecule has 264 valence electrons. The van der Waals surface area contributed by atoms with Crippen molar-refractivity contribution in [2.45, 2.75) is 111 Å². The van der Waals surface area contributed by atoms with Gasteiger partial charge in [0.25, 0.3) is 0 Å². The predicted molar refractivity (Wildman–Crippen MR) is 163 cm³/mol. The number of halogens is 5. The Balaban J connectivity index is 1.38. The topological polar surface area (TPSA) is 136 Å². The van der Waals surface area contributed by atoms with Crippen molar-refractivity contribution in [3.63, 3.8) is 0 Å². The van der Waals surface area contributed by atoms with Crippen molar-refractivity contribution in [2.24, 2.45) is 5.92 Å². The fraction of sp³-hybridized carbons (Fsp3) is 0.656. The second-order valence-corrected chi connectivity index (χ2v) is 14.7. The molecule has 48 heavy (non-hydrogen) atoms. The summed E-state index contributed by atoms with van der Waals surface area (Å²) in [6.07, 6.45) is -1.41. The Morgan fingerprint density at radius 3 is 2.35 bits per heavy atom. The van der Waals surface area contributed by atoms with Gasteiger partial charge in [0.1, 0.15) is 46.9 Å². The van der Waals surface area contributed by atoms with Crippen LogP contribution in [0.5, 0.6) is 0 Å². The Morgan fingerprint density at radius 1 is 1.10 bits per heavy atom. The summed E-state index contributed by atoms with van der Waals surface area (Å²) in [7, 11) is 1.36. The van der Waals surface area contributed by atoms with Gasteiger partial charge in [-0.25, -0.2) is 26.6 Å². The lowest BCUT2D eigenvalue weighted by Crippen LogP contribution is -2.56. The Hall–Kier alpha value is -2.63. The van der Waals surface area contributed by atoms with Gasteiger partial charge in [0.05, 0.1) is 23.7 Å². The molecule has 6 atom stereocenters. The number of thioether (sulfide) groups is 1. The van der Waals surface area contributed by atoms with Gasteiger partial charge < -0.3 is 29.3 Å². The summed E-state index contributed by atoms with van der Waals surface area (Å²) >= 11 is 1.08. The molecule has 1 unspecified atom stereocenters. The average Bonchev–Trinajstić information content (AvgIpc) is 3.63. The van der Waals surface area contributed by atoms with E-state index >= 15 is 0 Å². The number of hydrogen-bond donors (Lipinski definition) is 3. The van der Waals surface area contributed by atoms with E-state index in [2.05, 4.69) is 15.5 Å². The van der Waals surface area contributed by atoms with Crippen molar-refractivity contribution in [3.8, 4) is 11.3 Å². The number of aliphatic hydroxyl groups excluding tert-OH is 2. The highest BCUT2D eigenvalue weighted by Crippen LogP contribution is 2.55.